The van der Waals surface area contributed by atoms with Gasteiger partial charge in [0.1, 0.15) is 0 Å². The molecule has 0 aromatic rings. The van der Waals surface area contributed by atoms with Crippen LogP contribution in [0.2, 0.25) is 0 Å². The highest BCUT2D eigenvalue weighted by molar-refractivity contribution is 8.93. The van der Waals surface area contributed by atoms with E-state index in [-0.39, 0.29) is 23.1 Å². The third-order valence-corrected chi connectivity index (χ3v) is 5.14. The van der Waals surface area contributed by atoms with Crippen molar-refractivity contribution < 1.29 is 5.11 Å². The lowest BCUT2D eigenvalue weighted by Gasteiger charge is -2.27. The number of likely N-dealkylation sites (tertiary alicyclic amines) is 1. The number of nitrogens with zero attached hydrogens (tertiary/aromatic N) is 3. The fourth-order valence-electron chi connectivity index (χ4n) is 3.78. The first-order valence-corrected chi connectivity index (χ1v) is 8.57. The van der Waals surface area contributed by atoms with Crippen LogP contribution < -0.4 is 5.32 Å². The number of rotatable bonds is 5. The van der Waals surface area contributed by atoms with E-state index < -0.39 is 0 Å². The summed E-state index contributed by atoms with van der Waals surface area (Å²) in [6.45, 7) is 9.70. The molecule has 0 aromatic carbocycles. The summed E-state index contributed by atoms with van der Waals surface area (Å²) >= 11 is 0. The van der Waals surface area contributed by atoms with E-state index in [4.69, 9.17) is 0 Å². The molecule has 1 aliphatic heterocycles. The standard InChI is InChI=1S/C16H32N4O.BrH/c1-4-19(5-2)14-9-10-20(12-14)16(17-3)18-11-13-7-6-8-15(13)21;/h13-15,21H,4-12H2,1-3H3,(H,17,18);1H. The van der Waals surface area contributed by atoms with Gasteiger partial charge in [-0.05, 0) is 32.4 Å². The van der Waals surface area contributed by atoms with E-state index in [1.165, 1.54) is 6.42 Å². The predicted octanol–water partition coefficient (Wildman–Crippen LogP) is 1.72. The lowest BCUT2D eigenvalue weighted by molar-refractivity contribution is 0.134. The van der Waals surface area contributed by atoms with Crippen molar-refractivity contribution in [2.75, 3.05) is 39.8 Å². The van der Waals surface area contributed by atoms with Crippen LogP contribution in [0.3, 0.4) is 0 Å². The van der Waals surface area contributed by atoms with Gasteiger partial charge in [0.15, 0.2) is 5.96 Å². The second-order valence-corrected chi connectivity index (χ2v) is 6.30. The van der Waals surface area contributed by atoms with Crippen LogP contribution in [0.25, 0.3) is 0 Å². The molecule has 0 aromatic heterocycles. The Morgan fingerprint density at radius 2 is 2.00 bits per heavy atom. The topological polar surface area (TPSA) is 51.1 Å². The zero-order valence-corrected chi connectivity index (χ0v) is 16.0. The Bertz CT molecular complexity index is 349. The van der Waals surface area contributed by atoms with Crippen LogP contribution >= 0.6 is 17.0 Å². The molecule has 22 heavy (non-hydrogen) atoms. The Morgan fingerprint density at radius 3 is 2.55 bits per heavy atom. The maximum Gasteiger partial charge on any atom is 0.193 e. The van der Waals surface area contributed by atoms with Crippen LogP contribution in [0, 0.1) is 5.92 Å². The summed E-state index contributed by atoms with van der Waals surface area (Å²) in [7, 11) is 1.86. The number of aliphatic imine (C=N–C) groups is 1. The van der Waals surface area contributed by atoms with Gasteiger partial charge in [-0.15, -0.1) is 17.0 Å². The van der Waals surface area contributed by atoms with Crippen LogP contribution in [0.4, 0.5) is 0 Å². The van der Waals surface area contributed by atoms with Gasteiger partial charge in [0.2, 0.25) is 0 Å². The van der Waals surface area contributed by atoms with Crippen molar-refractivity contribution >= 4 is 22.9 Å². The van der Waals surface area contributed by atoms with Gasteiger partial charge in [0, 0.05) is 38.6 Å². The first kappa shape index (κ1) is 19.7. The highest BCUT2D eigenvalue weighted by Crippen LogP contribution is 2.24. The minimum absolute atomic E-state index is 0. The summed E-state index contributed by atoms with van der Waals surface area (Å²) in [5.74, 6) is 1.40. The molecule has 1 heterocycles. The van der Waals surface area contributed by atoms with Crippen LogP contribution in [0.1, 0.15) is 39.5 Å². The molecule has 3 unspecified atom stereocenters. The number of aliphatic hydroxyl groups excluding tert-OH is 1. The number of hydrogen-bond acceptors (Lipinski definition) is 3. The maximum atomic E-state index is 9.92. The fourth-order valence-corrected chi connectivity index (χ4v) is 3.78. The SMILES string of the molecule is Br.CCN(CC)C1CCN(C(=NC)NCC2CCCC2O)C1. The van der Waals surface area contributed by atoms with E-state index in [1.807, 2.05) is 7.05 Å². The first-order chi connectivity index (χ1) is 10.2. The molecule has 1 saturated carbocycles. The Morgan fingerprint density at radius 1 is 1.27 bits per heavy atom. The van der Waals surface area contributed by atoms with Gasteiger partial charge in [-0.3, -0.25) is 9.89 Å². The van der Waals surface area contributed by atoms with Gasteiger partial charge in [0.05, 0.1) is 6.10 Å². The Balaban J connectivity index is 0.00000242. The van der Waals surface area contributed by atoms with Crippen molar-refractivity contribution in [3.8, 4) is 0 Å². The summed E-state index contributed by atoms with van der Waals surface area (Å²) in [6, 6.07) is 0.649. The largest absolute Gasteiger partial charge is 0.393 e. The zero-order valence-electron chi connectivity index (χ0n) is 14.3. The fraction of sp³-hybridized carbons (Fsp3) is 0.938. The highest BCUT2D eigenvalue weighted by atomic mass is 79.9. The summed E-state index contributed by atoms with van der Waals surface area (Å²) in [5, 5.41) is 13.4. The predicted molar refractivity (Wildman–Crippen MR) is 97.9 cm³/mol. The van der Waals surface area contributed by atoms with Crippen LogP contribution in [0.5, 0.6) is 0 Å². The number of guanidine groups is 1. The van der Waals surface area contributed by atoms with E-state index in [1.54, 1.807) is 0 Å². The van der Waals surface area contributed by atoms with Gasteiger partial charge in [-0.1, -0.05) is 20.3 Å². The third-order valence-electron chi connectivity index (χ3n) is 5.14. The Kier molecular flexibility index (Phi) is 8.72. The minimum atomic E-state index is -0.127. The molecule has 2 aliphatic rings. The smallest absolute Gasteiger partial charge is 0.193 e. The lowest BCUT2D eigenvalue weighted by atomic mass is 10.1. The average molecular weight is 377 g/mol. The zero-order chi connectivity index (χ0) is 15.2. The van der Waals surface area contributed by atoms with Gasteiger partial charge in [-0.25, -0.2) is 0 Å². The van der Waals surface area contributed by atoms with Gasteiger partial charge >= 0.3 is 0 Å². The van der Waals surface area contributed by atoms with Crippen LogP contribution in [-0.4, -0.2) is 72.8 Å². The van der Waals surface area contributed by atoms with Crippen molar-refractivity contribution in [2.45, 2.75) is 51.7 Å². The molecule has 2 N–H and O–H groups in total. The number of halogens is 1. The first-order valence-electron chi connectivity index (χ1n) is 8.57. The summed E-state index contributed by atoms with van der Waals surface area (Å²) in [4.78, 5) is 9.33. The molecular formula is C16H33BrN4O. The molecule has 0 bridgehead atoms. The molecule has 130 valence electrons. The number of nitrogens with one attached hydrogen (secondary N) is 1. The molecule has 2 rings (SSSR count). The summed E-state index contributed by atoms with van der Waals surface area (Å²) < 4.78 is 0. The second kappa shape index (κ2) is 9.73. The quantitative estimate of drug-likeness (QED) is 0.566. The van der Waals surface area contributed by atoms with E-state index >= 15 is 0 Å². The molecule has 0 radical (unpaired) electrons. The molecule has 1 saturated heterocycles. The molecule has 2 fully saturated rings. The normalized spacial score (nSPS) is 29.0. The Labute approximate surface area is 145 Å². The van der Waals surface area contributed by atoms with Crippen molar-refractivity contribution in [2.24, 2.45) is 10.9 Å². The Hall–Kier alpha value is -0.330. The van der Waals surface area contributed by atoms with Crippen molar-refractivity contribution in [3.05, 3.63) is 0 Å². The number of aliphatic hydroxyl groups is 1. The lowest BCUT2D eigenvalue weighted by Crippen LogP contribution is -2.45. The number of hydrogen-bond donors (Lipinski definition) is 2. The third kappa shape index (κ3) is 4.83. The monoisotopic (exact) mass is 376 g/mol. The average Bonchev–Trinajstić information content (AvgIpc) is 3.11. The van der Waals surface area contributed by atoms with E-state index in [0.29, 0.717) is 12.0 Å². The van der Waals surface area contributed by atoms with Gasteiger partial charge in [0.25, 0.3) is 0 Å². The second-order valence-electron chi connectivity index (χ2n) is 6.30. The molecule has 5 nitrogen and oxygen atoms in total. The summed E-state index contributed by atoms with van der Waals surface area (Å²) in [6.07, 6.45) is 4.33. The van der Waals surface area contributed by atoms with Crippen LogP contribution in [-0.2, 0) is 0 Å². The van der Waals surface area contributed by atoms with E-state index in [0.717, 1.165) is 57.9 Å². The maximum absolute atomic E-state index is 9.92. The van der Waals surface area contributed by atoms with Crippen molar-refractivity contribution in [1.82, 2.24) is 15.1 Å². The highest BCUT2D eigenvalue weighted by Gasteiger charge is 2.29. The van der Waals surface area contributed by atoms with E-state index in [2.05, 4.69) is 34.0 Å². The molecule has 6 heteroatoms. The molecule has 0 spiro atoms. The molecule has 1 aliphatic carbocycles. The summed E-state index contributed by atoms with van der Waals surface area (Å²) in [5.41, 5.74) is 0. The van der Waals surface area contributed by atoms with Gasteiger partial charge in [-0.2, -0.15) is 0 Å². The van der Waals surface area contributed by atoms with Crippen molar-refractivity contribution in [1.29, 1.82) is 0 Å². The van der Waals surface area contributed by atoms with E-state index in [9.17, 15) is 5.11 Å². The molecule has 3 atom stereocenters. The minimum Gasteiger partial charge on any atom is -0.393 e. The molecule has 0 amide bonds. The molecular weight excluding hydrogens is 344 g/mol. The van der Waals surface area contributed by atoms with Crippen LogP contribution in [0.15, 0.2) is 4.99 Å². The number of likely N-dealkylation sites (N-methyl/N-ethyl adjacent to an activating group) is 1. The van der Waals surface area contributed by atoms with Gasteiger partial charge < -0.3 is 15.3 Å². The van der Waals surface area contributed by atoms with Crippen molar-refractivity contribution in [3.63, 3.8) is 0 Å².